The SMILES string of the molecule is Cc1nccc(CNS(=O)(=O)c2ccccc2N)n1. The van der Waals surface area contributed by atoms with Crippen molar-refractivity contribution in [3.05, 3.63) is 48.0 Å². The molecule has 1 aromatic heterocycles. The Morgan fingerprint density at radius 3 is 2.68 bits per heavy atom. The van der Waals surface area contributed by atoms with Gasteiger partial charge in [-0.15, -0.1) is 0 Å². The molecule has 0 amide bonds. The molecule has 0 aliphatic carbocycles. The van der Waals surface area contributed by atoms with Gasteiger partial charge in [0.15, 0.2) is 0 Å². The van der Waals surface area contributed by atoms with Crippen LogP contribution in [-0.4, -0.2) is 18.4 Å². The highest BCUT2D eigenvalue weighted by atomic mass is 32.2. The third-order valence-corrected chi connectivity index (χ3v) is 3.96. The van der Waals surface area contributed by atoms with Crippen LogP contribution in [0.1, 0.15) is 11.5 Å². The van der Waals surface area contributed by atoms with Crippen LogP contribution in [0.15, 0.2) is 41.4 Å². The fraction of sp³-hybridized carbons (Fsp3) is 0.167. The molecule has 0 spiro atoms. The summed E-state index contributed by atoms with van der Waals surface area (Å²) in [5, 5.41) is 0. The van der Waals surface area contributed by atoms with Crippen molar-refractivity contribution in [3.8, 4) is 0 Å². The maximum Gasteiger partial charge on any atom is 0.242 e. The van der Waals surface area contributed by atoms with E-state index in [-0.39, 0.29) is 17.1 Å². The summed E-state index contributed by atoms with van der Waals surface area (Å²) in [5.74, 6) is 0.593. The normalized spacial score (nSPS) is 11.4. The maximum absolute atomic E-state index is 12.1. The van der Waals surface area contributed by atoms with Gasteiger partial charge >= 0.3 is 0 Å². The quantitative estimate of drug-likeness (QED) is 0.808. The summed E-state index contributed by atoms with van der Waals surface area (Å²) < 4.78 is 26.6. The van der Waals surface area contributed by atoms with Crippen LogP contribution in [0, 0.1) is 6.92 Å². The predicted octanol–water partition coefficient (Wildman–Crippen LogP) is 0.846. The molecule has 0 bridgehead atoms. The summed E-state index contributed by atoms with van der Waals surface area (Å²) in [5.41, 5.74) is 6.47. The second-order valence-electron chi connectivity index (χ2n) is 3.96. The molecule has 0 saturated heterocycles. The van der Waals surface area contributed by atoms with Crippen molar-refractivity contribution in [1.82, 2.24) is 14.7 Å². The Labute approximate surface area is 111 Å². The van der Waals surface area contributed by atoms with Crippen LogP contribution in [0.3, 0.4) is 0 Å². The molecular weight excluding hydrogens is 264 g/mol. The lowest BCUT2D eigenvalue weighted by Crippen LogP contribution is -2.24. The molecule has 0 aliphatic heterocycles. The number of rotatable bonds is 4. The summed E-state index contributed by atoms with van der Waals surface area (Å²) in [6, 6.07) is 7.97. The second kappa shape index (κ2) is 5.33. The maximum atomic E-state index is 12.1. The molecule has 19 heavy (non-hydrogen) atoms. The van der Waals surface area contributed by atoms with E-state index in [2.05, 4.69) is 14.7 Å². The lowest BCUT2D eigenvalue weighted by molar-refractivity contribution is 0.580. The highest BCUT2D eigenvalue weighted by molar-refractivity contribution is 7.89. The lowest BCUT2D eigenvalue weighted by Gasteiger charge is -2.08. The van der Waals surface area contributed by atoms with Gasteiger partial charge in [0.25, 0.3) is 0 Å². The van der Waals surface area contributed by atoms with E-state index >= 15 is 0 Å². The van der Waals surface area contributed by atoms with E-state index in [0.29, 0.717) is 11.5 Å². The third kappa shape index (κ3) is 3.27. The molecule has 7 heteroatoms. The first-order chi connectivity index (χ1) is 8.99. The number of anilines is 1. The fourth-order valence-electron chi connectivity index (χ4n) is 1.58. The Bertz CT molecular complexity index is 686. The number of nitrogens with two attached hydrogens (primary N) is 1. The first-order valence-electron chi connectivity index (χ1n) is 5.62. The number of hydrogen-bond donors (Lipinski definition) is 2. The van der Waals surface area contributed by atoms with Gasteiger partial charge in [-0.3, -0.25) is 0 Å². The number of benzene rings is 1. The Kier molecular flexibility index (Phi) is 3.77. The number of nitrogens with zero attached hydrogens (tertiary/aromatic N) is 2. The van der Waals surface area contributed by atoms with Crippen LogP contribution >= 0.6 is 0 Å². The molecule has 1 aromatic carbocycles. The molecule has 3 N–H and O–H groups in total. The molecule has 100 valence electrons. The molecule has 0 atom stereocenters. The largest absolute Gasteiger partial charge is 0.398 e. The Morgan fingerprint density at radius 1 is 1.26 bits per heavy atom. The van der Waals surface area contributed by atoms with Gasteiger partial charge in [-0.1, -0.05) is 12.1 Å². The van der Waals surface area contributed by atoms with Crippen LogP contribution in [0.25, 0.3) is 0 Å². The monoisotopic (exact) mass is 278 g/mol. The smallest absolute Gasteiger partial charge is 0.242 e. The van der Waals surface area contributed by atoms with Crippen molar-refractivity contribution in [2.24, 2.45) is 0 Å². The van der Waals surface area contributed by atoms with Gasteiger partial charge < -0.3 is 5.73 Å². The minimum atomic E-state index is -3.64. The van der Waals surface area contributed by atoms with Crippen LogP contribution < -0.4 is 10.5 Å². The minimum Gasteiger partial charge on any atom is -0.398 e. The molecule has 0 radical (unpaired) electrons. The molecule has 2 aromatic rings. The summed E-state index contributed by atoms with van der Waals surface area (Å²) in [6.45, 7) is 1.84. The first kappa shape index (κ1) is 13.4. The van der Waals surface area contributed by atoms with Gasteiger partial charge in [0.1, 0.15) is 10.7 Å². The summed E-state index contributed by atoms with van der Waals surface area (Å²) in [6.07, 6.45) is 1.59. The Morgan fingerprint density at radius 2 is 2.00 bits per heavy atom. The number of sulfonamides is 1. The van der Waals surface area contributed by atoms with Crippen molar-refractivity contribution < 1.29 is 8.42 Å². The Hall–Kier alpha value is -1.99. The summed E-state index contributed by atoms with van der Waals surface area (Å²) in [4.78, 5) is 8.14. The second-order valence-corrected chi connectivity index (χ2v) is 5.69. The van der Waals surface area contributed by atoms with E-state index < -0.39 is 10.0 Å². The summed E-state index contributed by atoms with van der Waals surface area (Å²) in [7, 11) is -3.64. The van der Waals surface area contributed by atoms with E-state index in [1.807, 2.05) is 0 Å². The number of nitrogens with one attached hydrogen (secondary N) is 1. The van der Waals surface area contributed by atoms with Crippen molar-refractivity contribution in [3.63, 3.8) is 0 Å². The highest BCUT2D eigenvalue weighted by Gasteiger charge is 2.16. The van der Waals surface area contributed by atoms with Crippen LogP contribution in [0.4, 0.5) is 5.69 Å². The van der Waals surface area contributed by atoms with Crippen molar-refractivity contribution >= 4 is 15.7 Å². The lowest BCUT2D eigenvalue weighted by atomic mass is 10.3. The number of aromatic nitrogens is 2. The fourth-order valence-corrected chi connectivity index (χ4v) is 2.71. The van der Waals surface area contributed by atoms with Crippen LogP contribution in [0.2, 0.25) is 0 Å². The average molecular weight is 278 g/mol. The number of hydrogen-bond acceptors (Lipinski definition) is 5. The molecule has 0 fully saturated rings. The third-order valence-electron chi connectivity index (χ3n) is 2.49. The average Bonchev–Trinajstić information content (AvgIpc) is 2.37. The van der Waals surface area contributed by atoms with Gasteiger partial charge in [-0.05, 0) is 25.1 Å². The van der Waals surface area contributed by atoms with E-state index in [1.54, 1.807) is 37.4 Å². The molecule has 0 unspecified atom stereocenters. The van der Waals surface area contributed by atoms with Gasteiger partial charge in [0.05, 0.1) is 17.9 Å². The number of nitrogen functional groups attached to an aromatic ring is 1. The minimum absolute atomic E-state index is 0.0702. The van der Waals surface area contributed by atoms with Crippen molar-refractivity contribution in [2.75, 3.05) is 5.73 Å². The standard InChI is InChI=1S/C12H14N4O2S/c1-9-14-7-6-10(16-9)8-15-19(17,18)12-5-3-2-4-11(12)13/h2-7,15H,8,13H2,1H3. The van der Waals surface area contributed by atoms with Gasteiger partial charge in [-0.25, -0.2) is 23.1 Å². The van der Waals surface area contributed by atoms with Crippen molar-refractivity contribution in [2.45, 2.75) is 18.4 Å². The van der Waals surface area contributed by atoms with E-state index in [9.17, 15) is 8.42 Å². The predicted molar refractivity (Wildman–Crippen MR) is 71.6 cm³/mol. The van der Waals surface area contributed by atoms with E-state index in [4.69, 9.17) is 5.73 Å². The number of aryl methyl sites for hydroxylation is 1. The molecule has 1 heterocycles. The molecule has 0 aliphatic rings. The zero-order chi connectivity index (χ0) is 13.9. The van der Waals surface area contributed by atoms with Gasteiger partial charge in [-0.2, -0.15) is 0 Å². The van der Waals surface area contributed by atoms with Gasteiger partial charge in [0, 0.05) is 6.20 Å². The van der Waals surface area contributed by atoms with Crippen molar-refractivity contribution in [1.29, 1.82) is 0 Å². The summed E-state index contributed by atoms with van der Waals surface area (Å²) >= 11 is 0. The van der Waals surface area contributed by atoms with E-state index in [1.165, 1.54) is 6.07 Å². The topological polar surface area (TPSA) is 98.0 Å². The molecular formula is C12H14N4O2S. The first-order valence-corrected chi connectivity index (χ1v) is 7.10. The zero-order valence-corrected chi connectivity index (χ0v) is 11.2. The van der Waals surface area contributed by atoms with Crippen LogP contribution in [-0.2, 0) is 16.6 Å². The highest BCUT2D eigenvalue weighted by Crippen LogP contribution is 2.16. The number of para-hydroxylation sites is 1. The molecule has 6 nitrogen and oxygen atoms in total. The Balaban J connectivity index is 2.17. The molecule has 0 saturated carbocycles. The van der Waals surface area contributed by atoms with Crippen LogP contribution in [0.5, 0.6) is 0 Å². The van der Waals surface area contributed by atoms with E-state index in [0.717, 1.165) is 0 Å². The molecule has 2 rings (SSSR count). The zero-order valence-electron chi connectivity index (χ0n) is 10.4. The van der Waals surface area contributed by atoms with Gasteiger partial charge in [0.2, 0.25) is 10.0 Å².